The molecule has 1 aliphatic carbocycles. The maximum atomic E-state index is 12.2. The van der Waals surface area contributed by atoms with E-state index in [4.69, 9.17) is 5.73 Å². The van der Waals surface area contributed by atoms with E-state index in [9.17, 15) is 9.90 Å². The number of nitrogens with one attached hydrogen (secondary N) is 1. The Balaban J connectivity index is 1.91. The summed E-state index contributed by atoms with van der Waals surface area (Å²) in [6.45, 7) is 4.91. The lowest BCUT2D eigenvalue weighted by molar-refractivity contribution is -0.123. The third-order valence-electron chi connectivity index (χ3n) is 4.37. The molecule has 0 aliphatic heterocycles. The van der Waals surface area contributed by atoms with Crippen LogP contribution in [0.1, 0.15) is 50.3 Å². The van der Waals surface area contributed by atoms with Crippen LogP contribution in [0.5, 0.6) is 0 Å². The van der Waals surface area contributed by atoms with Crippen LogP contribution in [0.2, 0.25) is 0 Å². The van der Waals surface area contributed by atoms with Crippen LogP contribution in [0.15, 0.2) is 24.3 Å². The standard InChI is InChI=1S/C17H26N2O2/c1-17(2,9-10-18)8-7-15(21)19-16-13-6-4-3-5-12(13)11-14(16)20/h3-6,14,16,20H,7-11,18H2,1-2H3,(H,19,21)/t14-,16+/m0/s1. The van der Waals surface area contributed by atoms with Gasteiger partial charge < -0.3 is 16.2 Å². The van der Waals surface area contributed by atoms with Gasteiger partial charge in [-0.1, -0.05) is 38.1 Å². The average molecular weight is 290 g/mol. The summed E-state index contributed by atoms with van der Waals surface area (Å²) in [7, 11) is 0. The van der Waals surface area contributed by atoms with Crippen LogP contribution in [0.25, 0.3) is 0 Å². The van der Waals surface area contributed by atoms with E-state index in [1.165, 1.54) is 0 Å². The van der Waals surface area contributed by atoms with Crippen LogP contribution in [0.4, 0.5) is 0 Å². The molecule has 0 fully saturated rings. The summed E-state index contributed by atoms with van der Waals surface area (Å²) in [4.78, 5) is 12.2. The van der Waals surface area contributed by atoms with E-state index < -0.39 is 6.10 Å². The normalized spacial score (nSPS) is 21.1. The van der Waals surface area contributed by atoms with Gasteiger partial charge in [0.2, 0.25) is 5.91 Å². The topological polar surface area (TPSA) is 75.4 Å². The molecule has 1 aromatic carbocycles. The quantitative estimate of drug-likeness (QED) is 0.749. The number of fused-ring (bicyclic) bond motifs is 1. The summed E-state index contributed by atoms with van der Waals surface area (Å²) >= 11 is 0. The van der Waals surface area contributed by atoms with Crippen molar-refractivity contribution >= 4 is 5.91 Å². The van der Waals surface area contributed by atoms with Gasteiger partial charge in [-0.25, -0.2) is 0 Å². The number of hydrogen-bond acceptors (Lipinski definition) is 3. The molecule has 0 spiro atoms. The Morgan fingerprint density at radius 3 is 2.81 bits per heavy atom. The fourth-order valence-electron chi connectivity index (χ4n) is 2.96. The van der Waals surface area contributed by atoms with E-state index in [0.29, 0.717) is 19.4 Å². The third-order valence-corrected chi connectivity index (χ3v) is 4.37. The molecule has 0 aromatic heterocycles. The number of rotatable bonds is 6. The Hall–Kier alpha value is -1.39. The lowest BCUT2D eigenvalue weighted by atomic mass is 9.84. The van der Waals surface area contributed by atoms with Crippen molar-refractivity contribution in [3.8, 4) is 0 Å². The van der Waals surface area contributed by atoms with Crippen molar-refractivity contribution in [2.75, 3.05) is 6.54 Å². The van der Waals surface area contributed by atoms with E-state index in [2.05, 4.69) is 19.2 Å². The zero-order valence-electron chi connectivity index (χ0n) is 12.9. The Kier molecular flexibility index (Phi) is 5.01. The Bertz CT molecular complexity index is 499. The second kappa shape index (κ2) is 6.58. The minimum absolute atomic E-state index is 0.000787. The summed E-state index contributed by atoms with van der Waals surface area (Å²) in [5.41, 5.74) is 7.84. The van der Waals surface area contributed by atoms with Crippen LogP contribution >= 0.6 is 0 Å². The summed E-state index contributed by atoms with van der Waals surface area (Å²) < 4.78 is 0. The molecule has 2 atom stereocenters. The largest absolute Gasteiger partial charge is 0.390 e. The number of amides is 1. The van der Waals surface area contributed by atoms with E-state index in [1.54, 1.807) is 0 Å². The molecule has 0 bridgehead atoms. The number of nitrogens with two attached hydrogens (primary N) is 1. The number of aliphatic hydroxyl groups is 1. The first kappa shape index (κ1) is 16.0. The van der Waals surface area contributed by atoms with Gasteiger partial charge in [-0.2, -0.15) is 0 Å². The molecule has 1 aliphatic rings. The van der Waals surface area contributed by atoms with Gasteiger partial charge in [0.1, 0.15) is 0 Å². The highest BCUT2D eigenvalue weighted by Crippen LogP contribution is 2.32. The number of carbonyl (C=O) groups is 1. The SMILES string of the molecule is CC(C)(CCN)CCC(=O)N[C@@H]1c2ccccc2C[C@@H]1O. The summed E-state index contributed by atoms with van der Waals surface area (Å²) in [5, 5.41) is 13.1. The van der Waals surface area contributed by atoms with E-state index in [1.807, 2.05) is 24.3 Å². The van der Waals surface area contributed by atoms with Crippen molar-refractivity contribution in [3.05, 3.63) is 35.4 Å². The first-order valence-corrected chi connectivity index (χ1v) is 7.68. The minimum Gasteiger partial charge on any atom is -0.390 e. The van der Waals surface area contributed by atoms with Crippen LogP contribution < -0.4 is 11.1 Å². The molecule has 21 heavy (non-hydrogen) atoms. The van der Waals surface area contributed by atoms with Gasteiger partial charge in [0.05, 0.1) is 12.1 Å². The number of carbonyl (C=O) groups excluding carboxylic acids is 1. The highest BCUT2D eigenvalue weighted by molar-refractivity contribution is 5.76. The molecule has 116 valence electrons. The van der Waals surface area contributed by atoms with Crippen LogP contribution in [-0.2, 0) is 11.2 Å². The van der Waals surface area contributed by atoms with Crippen molar-refractivity contribution in [2.45, 2.75) is 51.7 Å². The number of aliphatic hydroxyl groups excluding tert-OH is 1. The number of benzene rings is 1. The van der Waals surface area contributed by atoms with Gasteiger partial charge in [-0.3, -0.25) is 4.79 Å². The van der Waals surface area contributed by atoms with Gasteiger partial charge in [0.15, 0.2) is 0 Å². The van der Waals surface area contributed by atoms with Gasteiger partial charge in [0, 0.05) is 12.8 Å². The molecule has 0 saturated heterocycles. The first-order valence-electron chi connectivity index (χ1n) is 7.68. The Labute approximate surface area is 126 Å². The molecule has 4 N–H and O–H groups in total. The van der Waals surface area contributed by atoms with E-state index in [-0.39, 0.29) is 17.4 Å². The predicted octanol–water partition coefficient (Wildman–Crippen LogP) is 1.92. The van der Waals surface area contributed by atoms with Gasteiger partial charge in [0.25, 0.3) is 0 Å². The molecule has 4 heteroatoms. The average Bonchev–Trinajstić information content (AvgIpc) is 2.73. The predicted molar refractivity (Wildman–Crippen MR) is 83.7 cm³/mol. The van der Waals surface area contributed by atoms with Gasteiger partial charge in [-0.05, 0) is 35.9 Å². The molecular formula is C17H26N2O2. The Morgan fingerprint density at radius 2 is 2.10 bits per heavy atom. The fraction of sp³-hybridized carbons (Fsp3) is 0.588. The molecule has 0 heterocycles. The molecule has 2 rings (SSSR count). The van der Waals surface area contributed by atoms with Gasteiger partial charge in [-0.15, -0.1) is 0 Å². The zero-order chi connectivity index (χ0) is 15.5. The van der Waals surface area contributed by atoms with Crippen molar-refractivity contribution < 1.29 is 9.90 Å². The molecule has 4 nitrogen and oxygen atoms in total. The minimum atomic E-state index is -0.525. The zero-order valence-corrected chi connectivity index (χ0v) is 12.9. The molecule has 0 unspecified atom stereocenters. The highest BCUT2D eigenvalue weighted by atomic mass is 16.3. The second-order valence-corrected chi connectivity index (χ2v) is 6.72. The van der Waals surface area contributed by atoms with E-state index >= 15 is 0 Å². The molecule has 0 radical (unpaired) electrons. The highest BCUT2D eigenvalue weighted by Gasteiger charge is 2.32. The van der Waals surface area contributed by atoms with Crippen molar-refractivity contribution in [2.24, 2.45) is 11.1 Å². The Morgan fingerprint density at radius 1 is 1.38 bits per heavy atom. The van der Waals surface area contributed by atoms with Crippen LogP contribution in [0.3, 0.4) is 0 Å². The first-order chi connectivity index (χ1) is 9.93. The maximum Gasteiger partial charge on any atom is 0.220 e. The summed E-state index contributed by atoms with van der Waals surface area (Å²) in [6, 6.07) is 7.63. The van der Waals surface area contributed by atoms with Crippen molar-refractivity contribution in [1.82, 2.24) is 5.32 Å². The fourth-order valence-corrected chi connectivity index (χ4v) is 2.96. The lowest BCUT2D eigenvalue weighted by Gasteiger charge is -2.24. The van der Waals surface area contributed by atoms with Crippen molar-refractivity contribution in [3.63, 3.8) is 0 Å². The van der Waals surface area contributed by atoms with Crippen molar-refractivity contribution in [1.29, 1.82) is 0 Å². The van der Waals surface area contributed by atoms with E-state index in [0.717, 1.165) is 24.0 Å². The monoisotopic (exact) mass is 290 g/mol. The summed E-state index contributed by atoms with van der Waals surface area (Å²) in [5.74, 6) is 0.000787. The lowest BCUT2D eigenvalue weighted by Crippen LogP contribution is -2.34. The van der Waals surface area contributed by atoms with Crippen LogP contribution in [0, 0.1) is 5.41 Å². The molecule has 0 saturated carbocycles. The molecular weight excluding hydrogens is 264 g/mol. The molecule has 1 amide bonds. The van der Waals surface area contributed by atoms with Gasteiger partial charge >= 0.3 is 0 Å². The number of hydrogen-bond donors (Lipinski definition) is 3. The summed E-state index contributed by atoms with van der Waals surface area (Å²) in [6.07, 6.45) is 2.27. The van der Waals surface area contributed by atoms with Crippen LogP contribution in [-0.4, -0.2) is 23.7 Å². The smallest absolute Gasteiger partial charge is 0.220 e. The second-order valence-electron chi connectivity index (χ2n) is 6.72. The molecule has 1 aromatic rings. The maximum absolute atomic E-state index is 12.2. The third kappa shape index (κ3) is 4.05.